The Balaban J connectivity index is 2.04. The number of aromatic nitrogens is 1. The molecule has 3 N–H and O–H groups in total. The van der Waals surface area contributed by atoms with E-state index in [0.29, 0.717) is 19.0 Å². The molecule has 0 saturated carbocycles. The number of hydrogen-bond donors (Lipinski definition) is 2. The van der Waals surface area contributed by atoms with E-state index in [-0.39, 0.29) is 34.4 Å². The van der Waals surface area contributed by atoms with E-state index in [1.54, 1.807) is 4.90 Å². The maximum Gasteiger partial charge on any atom is 0.341 e. The average Bonchev–Trinajstić information content (AvgIpc) is 3.09. The molecule has 1 aromatic heterocycles. The molecule has 162 valence electrons. The van der Waals surface area contributed by atoms with Gasteiger partial charge in [-0.2, -0.15) is 0 Å². The standard InChI is InChI=1S/C22H20F3N3O3/c1-2-13-6-12(26)9-27(13)20-8-19-14(7-17(20)25)21(29)15(22(30)31)10-28(19)18-4-3-11(23)5-16(18)24/h3-5,7-8,10,12-13H,2,6,9,26H2,1H3,(H,30,31)/t12-,13?/m0/s1. The summed E-state index contributed by atoms with van der Waals surface area (Å²) in [6, 6.07) is 4.99. The maximum atomic E-state index is 15.1. The van der Waals surface area contributed by atoms with Crippen molar-refractivity contribution in [3.63, 3.8) is 0 Å². The summed E-state index contributed by atoms with van der Waals surface area (Å²) in [6.07, 6.45) is 2.37. The zero-order valence-electron chi connectivity index (χ0n) is 16.6. The number of halogens is 3. The summed E-state index contributed by atoms with van der Waals surface area (Å²) in [7, 11) is 0. The SMILES string of the molecule is CCC1C[C@H](N)CN1c1cc2c(cc1F)c(=O)c(C(=O)O)cn2-c1ccc(F)cc1F. The molecule has 9 heteroatoms. The number of hydrogen-bond acceptors (Lipinski definition) is 4. The zero-order chi connectivity index (χ0) is 22.4. The van der Waals surface area contributed by atoms with E-state index in [1.165, 1.54) is 6.07 Å². The molecule has 1 aliphatic heterocycles. The van der Waals surface area contributed by atoms with Gasteiger partial charge in [0.05, 0.1) is 16.9 Å². The Kier molecular flexibility index (Phi) is 5.22. The lowest BCUT2D eigenvalue weighted by Crippen LogP contribution is -2.31. The topological polar surface area (TPSA) is 88.6 Å². The summed E-state index contributed by atoms with van der Waals surface area (Å²) in [4.78, 5) is 26.1. The van der Waals surface area contributed by atoms with E-state index in [1.807, 2.05) is 6.92 Å². The molecule has 1 aliphatic rings. The Morgan fingerprint density at radius 1 is 1.16 bits per heavy atom. The number of fused-ring (bicyclic) bond motifs is 1. The van der Waals surface area contributed by atoms with E-state index in [4.69, 9.17) is 5.73 Å². The van der Waals surface area contributed by atoms with Crippen LogP contribution in [0.25, 0.3) is 16.6 Å². The number of carboxylic acids is 1. The van der Waals surface area contributed by atoms with Gasteiger partial charge in [0.1, 0.15) is 23.0 Å². The summed E-state index contributed by atoms with van der Waals surface area (Å²) in [5.74, 6) is -4.01. The zero-order valence-corrected chi connectivity index (χ0v) is 16.6. The first-order valence-corrected chi connectivity index (χ1v) is 9.81. The molecule has 1 unspecified atom stereocenters. The number of anilines is 1. The molecule has 0 radical (unpaired) electrons. The van der Waals surface area contributed by atoms with Crippen molar-refractivity contribution >= 4 is 22.6 Å². The molecule has 2 atom stereocenters. The van der Waals surface area contributed by atoms with Crippen molar-refractivity contribution in [3.8, 4) is 5.69 Å². The van der Waals surface area contributed by atoms with Crippen molar-refractivity contribution < 1.29 is 23.1 Å². The van der Waals surface area contributed by atoms with E-state index < -0.39 is 34.4 Å². The van der Waals surface area contributed by atoms with E-state index >= 15 is 4.39 Å². The minimum Gasteiger partial charge on any atom is -0.477 e. The number of nitrogens with zero attached hydrogens (tertiary/aromatic N) is 2. The molecular formula is C22H20F3N3O3. The molecule has 2 aromatic carbocycles. The van der Waals surface area contributed by atoms with Crippen LogP contribution in [0.2, 0.25) is 0 Å². The van der Waals surface area contributed by atoms with Gasteiger partial charge in [0.25, 0.3) is 0 Å². The van der Waals surface area contributed by atoms with Crippen LogP contribution in [0, 0.1) is 17.5 Å². The average molecular weight is 431 g/mol. The fourth-order valence-electron chi connectivity index (χ4n) is 4.22. The van der Waals surface area contributed by atoms with Crippen molar-refractivity contribution in [1.29, 1.82) is 0 Å². The van der Waals surface area contributed by atoms with E-state index in [2.05, 4.69) is 0 Å². The van der Waals surface area contributed by atoms with Crippen LogP contribution in [-0.4, -0.2) is 34.3 Å². The van der Waals surface area contributed by atoms with Crippen LogP contribution in [0.15, 0.2) is 41.3 Å². The quantitative estimate of drug-likeness (QED) is 0.661. The largest absolute Gasteiger partial charge is 0.477 e. The van der Waals surface area contributed by atoms with Crippen molar-refractivity contribution in [2.75, 3.05) is 11.4 Å². The molecule has 2 heterocycles. The lowest BCUT2D eigenvalue weighted by Gasteiger charge is -2.27. The highest BCUT2D eigenvalue weighted by Crippen LogP contribution is 2.33. The van der Waals surface area contributed by atoms with Crippen LogP contribution >= 0.6 is 0 Å². The summed E-state index contributed by atoms with van der Waals surface area (Å²) in [5.41, 5.74) is 4.63. The van der Waals surface area contributed by atoms with Gasteiger partial charge < -0.3 is 20.3 Å². The number of rotatable bonds is 4. The third-order valence-electron chi connectivity index (χ3n) is 5.70. The molecule has 4 rings (SSSR count). The second-order valence-corrected chi connectivity index (χ2v) is 7.67. The summed E-state index contributed by atoms with van der Waals surface area (Å²) in [5, 5.41) is 9.20. The third kappa shape index (κ3) is 3.54. The lowest BCUT2D eigenvalue weighted by molar-refractivity contribution is 0.0695. The van der Waals surface area contributed by atoms with Gasteiger partial charge in [-0.3, -0.25) is 4.79 Å². The molecule has 1 saturated heterocycles. The molecule has 0 aliphatic carbocycles. The minimum absolute atomic E-state index is 0.0111. The second-order valence-electron chi connectivity index (χ2n) is 7.67. The van der Waals surface area contributed by atoms with Crippen LogP contribution in [0.4, 0.5) is 18.9 Å². The molecule has 0 bridgehead atoms. The Labute approximate surface area is 175 Å². The Morgan fingerprint density at radius 2 is 1.87 bits per heavy atom. The smallest absolute Gasteiger partial charge is 0.341 e. The minimum atomic E-state index is -1.54. The number of benzene rings is 2. The lowest BCUT2D eigenvalue weighted by atomic mass is 10.1. The molecular weight excluding hydrogens is 411 g/mol. The number of nitrogens with two attached hydrogens (primary N) is 1. The van der Waals surface area contributed by atoms with Gasteiger partial charge in [0, 0.05) is 36.3 Å². The summed E-state index contributed by atoms with van der Waals surface area (Å²) >= 11 is 0. The fourth-order valence-corrected chi connectivity index (χ4v) is 4.22. The Morgan fingerprint density at radius 3 is 2.52 bits per heavy atom. The Bertz CT molecular complexity index is 1260. The van der Waals surface area contributed by atoms with Gasteiger partial charge in [-0.15, -0.1) is 0 Å². The highest BCUT2D eigenvalue weighted by Gasteiger charge is 2.31. The van der Waals surface area contributed by atoms with Crippen molar-refractivity contribution in [3.05, 3.63) is 69.8 Å². The van der Waals surface area contributed by atoms with Crippen LogP contribution in [0.1, 0.15) is 30.1 Å². The van der Waals surface area contributed by atoms with Crippen LogP contribution in [0.5, 0.6) is 0 Å². The first-order chi connectivity index (χ1) is 14.7. The Hall–Kier alpha value is -3.33. The summed E-state index contributed by atoms with van der Waals surface area (Å²) < 4.78 is 44.2. The first kappa shape index (κ1) is 20.9. The normalized spacial score (nSPS) is 18.7. The van der Waals surface area contributed by atoms with Crippen LogP contribution in [-0.2, 0) is 0 Å². The highest BCUT2D eigenvalue weighted by atomic mass is 19.1. The highest BCUT2D eigenvalue weighted by molar-refractivity contribution is 5.94. The molecule has 31 heavy (non-hydrogen) atoms. The maximum absolute atomic E-state index is 15.1. The van der Waals surface area contributed by atoms with Crippen molar-refractivity contribution in [1.82, 2.24) is 4.57 Å². The van der Waals surface area contributed by atoms with Crippen molar-refractivity contribution in [2.45, 2.75) is 31.8 Å². The van der Waals surface area contributed by atoms with Gasteiger partial charge >= 0.3 is 5.97 Å². The monoisotopic (exact) mass is 431 g/mol. The fraction of sp³-hybridized carbons (Fsp3) is 0.273. The molecule has 3 aromatic rings. The summed E-state index contributed by atoms with van der Waals surface area (Å²) in [6.45, 7) is 2.36. The van der Waals surface area contributed by atoms with E-state index in [9.17, 15) is 23.5 Å². The number of carbonyl (C=O) groups is 1. The molecule has 0 spiro atoms. The third-order valence-corrected chi connectivity index (χ3v) is 5.70. The van der Waals surface area contributed by atoms with Gasteiger partial charge in [0.2, 0.25) is 5.43 Å². The molecule has 6 nitrogen and oxygen atoms in total. The van der Waals surface area contributed by atoms with Crippen LogP contribution in [0.3, 0.4) is 0 Å². The predicted molar refractivity (Wildman–Crippen MR) is 110 cm³/mol. The van der Waals surface area contributed by atoms with Gasteiger partial charge in [0.15, 0.2) is 0 Å². The second kappa shape index (κ2) is 7.73. The number of aromatic carboxylic acids is 1. The molecule has 1 fully saturated rings. The molecule has 0 amide bonds. The van der Waals surface area contributed by atoms with Crippen molar-refractivity contribution in [2.24, 2.45) is 5.73 Å². The van der Waals surface area contributed by atoms with Crippen LogP contribution < -0.4 is 16.1 Å². The van der Waals surface area contributed by atoms with Gasteiger partial charge in [-0.25, -0.2) is 18.0 Å². The predicted octanol–water partition coefficient (Wildman–Crippen LogP) is 3.42. The number of pyridine rings is 1. The number of carboxylic acid groups (broad SMARTS) is 1. The van der Waals surface area contributed by atoms with Gasteiger partial charge in [-0.1, -0.05) is 6.92 Å². The van der Waals surface area contributed by atoms with Gasteiger partial charge in [-0.05, 0) is 37.1 Å². The van der Waals surface area contributed by atoms with E-state index in [0.717, 1.165) is 35.4 Å². The first-order valence-electron chi connectivity index (χ1n) is 9.81.